The Labute approximate surface area is 151 Å². The summed E-state index contributed by atoms with van der Waals surface area (Å²) in [4.78, 5) is 12.0. The maximum absolute atomic E-state index is 13.1. The molecule has 2 N–H and O–H groups in total. The van der Waals surface area contributed by atoms with Gasteiger partial charge in [0.1, 0.15) is 4.88 Å². The van der Waals surface area contributed by atoms with E-state index in [1.807, 2.05) is 6.07 Å². The standard InChI is InChI=1S/C19H14F3NO2S/c20-19(21,22)15-7-2-1-4-13(15)11-23-14-6-3-5-12(10-14)16-8-9-17(26-16)18(24)25/h1-10,23H,11H2,(H,24,25). The van der Waals surface area contributed by atoms with Gasteiger partial charge < -0.3 is 10.4 Å². The normalized spacial score (nSPS) is 11.3. The van der Waals surface area contributed by atoms with E-state index in [0.717, 1.165) is 27.8 Å². The predicted octanol–water partition coefficient (Wildman–Crippen LogP) is 5.74. The van der Waals surface area contributed by atoms with Crippen molar-refractivity contribution in [1.29, 1.82) is 0 Å². The molecule has 26 heavy (non-hydrogen) atoms. The Balaban J connectivity index is 1.79. The number of halogens is 3. The molecule has 0 radical (unpaired) electrons. The van der Waals surface area contributed by atoms with Crippen LogP contribution in [-0.4, -0.2) is 11.1 Å². The van der Waals surface area contributed by atoms with Crippen molar-refractivity contribution in [3.05, 3.63) is 76.7 Å². The molecule has 0 unspecified atom stereocenters. The number of carboxylic acids is 1. The van der Waals surface area contributed by atoms with Gasteiger partial charge in [0.15, 0.2) is 0 Å². The summed E-state index contributed by atoms with van der Waals surface area (Å²) in [6, 6.07) is 15.8. The van der Waals surface area contributed by atoms with Crippen molar-refractivity contribution in [2.75, 3.05) is 5.32 Å². The zero-order chi connectivity index (χ0) is 18.7. The summed E-state index contributed by atoms with van der Waals surface area (Å²) in [5, 5.41) is 12.0. The number of carboxylic acid groups (broad SMARTS) is 1. The summed E-state index contributed by atoms with van der Waals surface area (Å²) < 4.78 is 39.2. The van der Waals surface area contributed by atoms with Crippen molar-refractivity contribution >= 4 is 23.0 Å². The molecular formula is C19H14F3NO2S. The third-order valence-corrected chi connectivity index (χ3v) is 4.89. The fourth-order valence-electron chi connectivity index (χ4n) is 2.54. The number of hydrogen-bond donors (Lipinski definition) is 2. The zero-order valence-electron chi connectivity index (χ0n) is 13.4. The number of rotatable bonds is 5. The van der Waals surface area contributed by atoms with E-state index >= 15 is 0 Å². The topological polar surface area (TPSA) is 49.3 Å². The first-order valence-electron chi connectivity index (χ1n) is 7.67. The van der Waals surface area contributed by atoms with E-state index in [2.05, 4.69) is 5.32 Å². The first-order chi connectivity index (χ1) is 12.3. The summed E-state index contributed by atoms with van der Waals surface area (Å²) in [6.07, 6.45) is -4.40. The number of benzene rings is 2. The lowest BCUT2D eigenvalue weighted by molar-refractivity contribution is -0.138. The molecule has 0 aliphatic rings. The molecular weight excluding hydrogens is 363 g/mol. The van der Waals surface area contributed by atoms with Crippen molar-refractivity contribution in [2.24, 2.45) is 0 Å². The molecule has 0 saturated carbocycles. The Morgan fingerprint density at radius 2 is 1.81 bits per heavy atom. The van der Waals surface area contributed by atoms with Crippen molar-refractivity contribution in [3.63, 3.8) is 0 Å². The van der Waals surface area contributed by atoms with E-state index in [0.29, 0.717) is 5.69 Å². The molecule has 7 heteroatoms. The van der Waals surface area contributed by atoms with Crippen LogP contribution < -0.4 is 5.32 Å². The monoisotopic (exact) mass is 377 g/mol. The van der Waals surface area contributed by atoms with Crippen molar-refractivity contribution in [1.82, 2.24) is 0 Å². The van der Waals surface area contributed by atoms with E-state index in [9.17, 15) is 18.0 Å². The summed E-state index contributed by atoms with van der Waals surface area (Å²) in [7, 11) is 0. The van der Waals surface area contributed by atoms with Gasteiger partial charge in [-0.05, 0) is 41.5 Å². The van der Waals surface area contributed by atoms with Crippen LogP contribution in [-0.2, 0) is 12.7 Å². The number of nitrogens with one attached hydrogen (secondary N) is 1. The molecule has 1 aromatic heterocycles. The van der Waals surface area contributed by atoms with Crippen molar-refractivity contribution < 1.29 is 23.1 Å². The Bertz CT molecular complexity index is 934. The van der Waals surface area contributed by atoms with Crippen LogP contribution in [0.5, 0.6) is 0 Å². The average molecular weight is 377 g/mol. The Hall–Kier alpha value is -2.80. The molecule has 3 rings (SSSR count). The third kappa shape index (κ3) is 4.05. The van der Waals surface area contributed by atoms with Crippen LogP contribution in [0.1, 0.15) is 20.8 Å². The quantitative estimate of drug-likeness (QED) is 0.596. The van der Waals surface area contributed by atoms with Crippen LogP contribution >= 0.6 is 11.3 Å². The molecule has 0 atom stereocenters. The van der Waals surface area contributed by atoms with Gasteiger partial charge in [0.2, 0.25) is 0 Å². The SMILES string of the molecule is O=C(O)c1ccc(-c2cccc(NCc3ccccc3C(F)(F)F)c2)s1. The highest BCUT2D eigenvalue weighted by molar-refractivity contribution is 7.17. The van der Waals surface area contributed by atoms with Crippen LogP contribution in [0.15, 0.2) is 60.7 Å². The largest absolute Gasteiger partial charge is 0.477 e. The molecule has 0 aliphatic carbocycles. The van der Waals surface area contributed by atoms with Crippen molar-refractivity contribution in [2.45, 2.75) is 12.7 Å². The second-order valence-electron chi connectivity index (χ2n) is 5.56. The van der Waals surface area contributed by atoms with Gasteiger partial charge in [-0.25, -0.2) is 4.79 Å². The van der Waals surface area contributed by atoms with Gasteiger partial charge in [0.25, 0.3) is 0 Å². The fourth-order valence-corrected chi connectivity index (χ4v) is 3.38. The number of anilines is 1. The molecule has 0 amide bonds. The Morgan fingerprint density at radius 3 is 2.50 bits per heavy atom. The van der Waals surface area contributed by atoms with Crippen LogP contribution in [0.2, 0.25) is 0 Å². The minimum Gasteiger partial charge on any atom is -0.477 e. The van der Waals surface area contributed by atoms with Crippen molar-refractivity contribution in [3.8, 4) is 10.4 Å². The number of carbonyl (C=O) groups is 1. The Kier molecular flexibility index (Phi) is 4.99. The van der Waals surface area contributed by atoms with Gasteiger partial charge in [0, 0.05) is 17.1 Å². The first kappa shape index (κ1) is 18.0. The summed E-state index contributed by atoms with van der Waals surface area (Å²) in [5.74, 6) is -0.987. The second kappa shape index (κ2) is 7.21. The second-order valence-corrected chi connectivity index (χ2v) is 6.64. The van der Waals surface area contributed by atoms with Crippen LogP contribution in [0, 0.1) is 0 Å². The highest BCUT2D eigenvalue weighted by Gasteiger charge is 2.32. The number of alkyl halides is 3. The molecule has 0 bridgehead atoms. The zero-order valence-corrected chi connectivity index (χ0v) is 14.2. The lowest BCUT2D eigenvalue weighted by Gasteiger charge is -2.14. The van der Waals surface area contributed by atoms with E-state index in [-0.39, 0.29) is 17.0 Å². The smallest absolute Gasteiger partial charge is 0.416 e. The van der Waals surface area contributed by atoms with Crippen LogP contribution in [0.4, 0.5) is 18.9 Å². The fraction of sp³-hybridized carbons (Fsp3) is 0.105. The van der Waals surface area contributed by atoms with E-state index in [1.54, 1.807) is 30.3 Å². The van der Waals surface area contributed by atoms with Gasteiger partial charge in [-0.3, -0.25) is 0 Å². The molecule has 3 nitrogen and oxygen atoms in total. The summed E-state index contributed by atoms with van der Waals surface area (Å²) in [6.45, 7) is 0.0317. The molecule has 3 aromatic rings. The number of hydrogen-bond acceptors (Lipinski definition) is 3. The van der Waals surface area contributed by atoms with Gasteiger partial charge in [-0.2, -0.15) is 13.2 Å². The van der Waals surface area contributed by atoms with E-state index in [1.165, 1.54) is 18.2 Å². The molecule has 1 heterocycles. The van der Waals surface area contributed by atoms with Gasteiger partial charge >= 0.3 is 12.1 Å². The molecule has 0 saturated heterocycles. The van der Waals surface area contributed by atoms with Gasteiger partial charge in [-0.1, -0.05) is 30.3 Å². The van der Waals surface area contributed by atoms with Gasteiger partial charge in [-0.15, -0.1) is 11.3 Å². The minimum absolute atomic E-state index is 0.0317. The molecule has 134 valence electrons. The lowest BCUT2D eigenvalue weighted by atomic mass is 10.1. The minimum atomic E-state index is -4.40. The van der Waals surface area contributed by atoms with Crippen LogP contribution in [0.3, 0.4) is 0 Å². The average Bonchev–Trinajstić information content (AvgIpc) is 3.10. The van der Waals surface area contributed by atoms with E-state index in [4.69, 9.17) is 5.11 Å². The highest BCUT2D eigenvalue weighted by Crippen LogP contribution is 2.33. The first-order valence-corrected chi connectivity index (χ1v) is 8.49. The maximum Gasteiger partial charge on any atom is 0.416 e. The molecule has 0 spiro atoms. The summed E-state index contributed by atoms with van der Waals surface area (Å²) >= 11 is 1.15. The number of thiophene rings is 1. The summed E-state index contributed by atoms with van der Waals surface area (Å²) in [5.41, 5.74) is 0.962. The van der Waals surface area contributed by atoms with E-state index < -0.39 is 17.7 Å². The highest BCUT2D eigenvalue weighted by atomic mass is 32.1. The predicted molar refractivity (Wildman–Crippen MR) is 95.5 cm³/mol. The lowest BCUT2D eigenvalue weighted by Crippen LogP contribution is -2.11. The maximum atomic E-state index is 13.1. The molecule has 2 aromatic carbocycles. The Morgan fingerprint density at radius 1 is 1.04 bits per heavy atom. The molecule has 0 fully saturated rings. The molecule has 0 aliphatic heterocycles. The van der Waals surface area contributed by atoms with Crippen LogP contribution in [0.25, 0.3) is 10.4 Å². The third-order valence-electron chi connectivity index (χ3n) is 3.77. The number of aromatic carboxylic acids is 1. The van der Waals surface area contributed by atoms with Gasteiger partial charge in [0.05, 0.1) is 5.56 Å².